The minimum Gasteiger partial charge on any atom is -0.493 e. The third kappa shape index (κ3) is 5.02. The summed E-state index contributed by atoms with van der Waals surface area (Å²) in [5.74, 6) is 2.19. The Kier molecular flexibility index (Phi) is 7.37. The van der Waals surface area contributed by atoms with Crippen LogP contribution in [0, 0.1) is 13.8 Å². The highest BCUT2D eigenvalue weighted by Crippen LogP contribution is 2.40. The molecule has 1 aliphatic heterocycles. The molecule has 0 aliphatic carbocycles. The van der Waals surface area contributed by atoms with Gasteiger partial charge in [-0.3, -0.25) is 4.90 Å². The molecule has 1 atom stereocenters. The van der Waals surface area contributed by atoms with Crippen molar-refractivity contribution in [1.29, 1.82) is 0 Å². The first kappa shape index (κ1) is 24.8. The molecule has 1 fully saturated rings. The van der Waals surface area contributed by atoms with Gasteiger partial charge in [0.15, 0.2) is 17.3 Å². The van der Waals surface area contributed by atoms with Gasteiger partial charge in [-0.25, -0.2) is 4.68 Å². The van der Waals surface area contributed by atoms with Gasteiger partial charge in [-0.15, -0.1) is 5.10 Å². The molecule has 0 N–H and O–H groups in total. The van der Waals surface area contributed by atoms with Crippen LogP contribution in [0.5, 0.6) is 11.5 Å². The number of piperazine rings is 1. The molecule has 0 radical (unpaired) electrons. The van der Waals surface area contributed by atoms with Crippen molar-refractivity contribution >= 4 is 5.69 Å². The second-order valence-electron chi connectivity index (χ2n) is 9.41. The normalized spacial score (nSPS) is 15.0. The van der Waals surface area contributed by atoms with Crippen LogP contribution in [0.4, 0.5) is 5.69 Å². The third-order valence-corrected chi connectivity index (χ3v) is 7.30. The predicted molar refractivity (Wildman–Crippen MR) is 144 cm³/mol. The maximum absolute atomic E-state index is 5.87. The van der Waals surface area contributed by atoms with E-state index in [1.807, 2.05) is 35.0 Å². The maximum atomic E-state index is 5.87. The van der Waals surface area contributed by atoms with E-state index in [9.17, 15) is 0 Å². The van der Waals surface area contributed by atoms with Crippen molar-refractivity contribution in [2.24, 2.45) is 0 Å². The zero-order valence-electron chi connectivity index (χ0n) is 22.0. The highest BCUT2D eigenvalue weighted by atomic mass is 16.5. The average Bonchev–Trinajstić information content (AvgIpc) is 3.38. The summed E-state index contributed by atoms with van der Waals surface area (Å²) in [7, 11) is 3.35. The van der Waals surface area contributed by atoms with Crippen molar-refractivity contribution in [3.05, 3.63) is 94.8 Å². The molecule has 0 bridgehead atoms. The van der Waals surface area contributed by atoms with E-state index < -0.39 is 0 Å². The molecule has 0 amide bonds. The van der Waals surface area contributed by atoms with E-state index in [0.717, 1.165) is 43.1 Å². The second-order valence-corrected chi connectivity index (χ2v) is 9.41. The van der Waals surface area contributed by atoms with Crippen LogP contribution < -0.4 is 14.4 Å². The number of rotatable bonds is 8. The molecule has 0 saturated carbocycles. The van der Waals surface area contributed by atoms with E-state index in [0.29, 0.717) is 18.0 Å². The lowest BCUT2D eigenvalue weighted by atomic mass is 10.0. The van der Waals surface area contributed by atoms with E-state index in [1.165, 1.54) is 16.8 Å². The summed E-state index contributed by atoms with van der Waals surface area (Å²) in [4.78, 5) is 4.93. The zero-order chi connectivity index (χ0) is 25.8. The number of ether oxygens (including phenoxy) is 2. The standard InChI is InChI=1S/C29H34N6O2/c1-21-10-8-14-25(22(21)2)33-16-18-34(19-17-33)27(24-13-9-15-26(36-3)28(24)37-4)29-30-31-32-35(29)20-23-11-6-5-7-12-23/h5-15,27H,16-20H2,1-4H3. The van der Waals surface area contributed by atoms with Crippen LogP contribution in [-0.4, -0.2) is 65.5 Å². The first-order valence-corrected chi connectivity index (χ1v) is 12.7. The van der Waals surface area contributed by atoms with Gasteiger partial charge in [0, 0.05) is 37.4 Å². The minimum atomic E-state index is -0.190. The lowest BCUT2D eigenvalue weighted by Crippen LogP contribution is -2.48. The fourth-order valence-corrected chi connectivity index (χ4v) is 5.20. The average molecular weight is 499 g/mol. The molecule has 1 unspecified atom stereocenters. The van der Waals surface area contributed by atoms with Gasteiger partial charge >= 0.3 is 0 Å². The number of aryl methyl sites for hydroxylation is 1. The Morgan fingerprint density at radius 2 is 1.59 bits per heavy atom. The van der Waals surface area contributed by atoms with Gasteiger partial charge in [0.25, 0.3) is 0 Å². The summed E-state index contributed by atoms with van der Waals surface area (Å²) in [6, 6.07) is 22.6. The summed E-state index contributed by atoms with van der Waals surface area (Å²) >= 11 is 0. The lowest BCUT2D eigenvalue weighted by molar-refractivity contribution is 0.197. The SMILES string of the molecule is COc1cccc(C(c2nnnn2Cc2ccccc2)N2CCN(c3cccc(C)c3C)CC2)c1OC. The smallest absolute Gasteiger partial charge is 0.173 e. The van der Waals surface area contributed by atoms with Gasteiger partial charge in [-0.2, -0.15) is 0 Å². The molecule has 1 saturated heterocycles. The quantitative estimate of drug-likeness (QED) is 0.359. The number of hydrogen-bond acceptors (Lipinski definition) is 7. The molecule has 8 heteroatoms. The van der Waals surface area contributed by atoms with Crippen molar-refractivity contribution in [3.8, 4) is 11.5 Å². The fraction of sp³-hybridized carbons (Fsp3) is 0.345. The summed E-state index contributed by atoms with van der Waals surface area (Å²) in [6.07, 6.45) is 0. The molecule has 1 aliphatic rings. The van der Waals surface area contributed by atoms with Gasteiger partial charge in [-0.05, 0) is 53.1 Å². The van der Waals surface area contributed by atoms with Crippen LogP contribution in [0.15, 0.2) is 66.7 Å². The molecule has 1 aromatic heterocycles. The minimum absolute atomic E-state index is 0.190. The van der Waals surface area contributed by atoms with Crippen LogP contribution >= 0.6 is 0 Å². The maximum Gasteiger partial charge on any atom is 0.173 e. The number of methoxy groups -OCH3 is 2. The molecule has 37 heavy (non-hydrogen) atoms. The van der Waals surface area contributed by atoms with Crippen molar-refractivity contribution < 1.29 is 9.47 Å². The molecule has 4 aromatic rings. The predicted octanol–water partition coefficient (Wildman–Crippen LogP) is 4.27. The van der Waals surface area contributed by atoms with Gasteiger partial charge in [-0.1, -0.05) is 54.6 Å². The van der Waals surface area contributed by atoms with Crippen LogP contribution in [0.1, 0.15) is 34.1 Å². The molecule has 2 heterocycles. The fourth-order valence-electron chi connectivity index (χ4n) is 5.20. The van der Waals surface area contributed by atoms with Crippen molar-refractivity contribution in [1.82, 2.24) is 25.1 Å². The summed E-state index contributed by atoms with van der Waals surface area (Å²) < 4.78 is 13.4. The summed E-state index contributed by atoms with van der Waals surface area (Å²) in [5, 5.41) is 13.0. The first-order valence-electron chi connectivity index (χ1n) is 12.7. The van der Waals surface area contributed by atoms with Crippen LogP contribution in [0.25, 0.3) is 0 Å². The van der Waals surface area contributed by atoms with Gasteiger partial charge in [0.05, 0.1) is 20.8 Å². The summed E-state index contributed by atoms with van der Waals surface area (Å²) in [6.45, 7) is 8.51. The molecular weight excluding hydrogens is 464 g/mol. The second kappa shape index (κ2) is 11.0. The number of para-hydroxylation sites is 1. The van der Waals surface area contributed by atoms with E-state index in [2.05, 4.69) is 75.6 Å². The molecule has 8 nitrogen and oxygen atoms in total. The Labute approximate surface area is 218 Å². The Morgan fingerprint density at radius 1 is 0.838 bits per heavy atom. The van der Waals surface area contributed by atoms with Crippen LogP contribution in [0.2, 0.25) is 0 Å². The first-order chi connectivity index (χ1) is 18.1. The van der Waals surface area contributed by atoms with Crippen molar-refractivity contribution in [2.45, 2.75) is 26.4 Å². The monoisotopic (exact) mass is 498 g/mol. The molecular formula is C29H34N6O2. The lowest BCUT2D eigenvalue weighted by Gasteiger charge is -2.40. The van der Waals surface area contributed by atoms with E-state index in [-0.39, 0.29) is 6.04 Å². The number of tetrazole rings is 1. The van der Waals surface area contributed by atoms with Gasteiger partial charge in [0.2, 0.25) is 0 Å². The Hall–Kier alpha value is -3.91. The third-order valence-electron chi connectivity index (χ3n) is 7.30. The zero-order valence-corrected chi connectivity index (χ0v) is 22.0. The van der Waals surface area contributed by atoms with Crippen LogP contribution in [-0.2, 0) is 6.54 Å². The number of aromatic nitrogens is 4. The molecule has 3 aromatic carbocycles. The number of hydrogen-bond donors (Lipinski definition) is 0. The van der Waals surface area contributed by atoms with E-state index in [1.54, 1.807) is 14.2 Å². The highest BCUT2D eigenvalue weighted by Gasteiger charge is 2.33. The topological polar surface area (TPSA) is 68.5 Å². The summed E-state index contributed by atoms with van der Waals surface area (Å²) in [5.41, 5.74) is 6.11. The molecule has 5 rings (SSSR count). The van der Waals surface area contributed by atoms with Crippen LogP contribution in [0.3, 0.4) is 0 Å². The number of benzene rings is 3. The van der Waals surface area contributed by atoms with Gasteiger partial charge < -0.3 is 14.4 Å². The van der Waals surface area contributed by atoms with Crippen molar-refractivity contribution in [2.75, 3.05) is 45.3 Å². The largest absolute Gasteiger partial charge is 0.493 e. The Bertz CT molecular complexity index is 1330. The molecule has 192 valence electrons. The van der Waals surface area contributed by atoms with Gasteiger partial charge in [0.1, 0.15) is 6.04 Å². The van der Waals surface area contributed by atoms with E-state index in [4.69, 9.17) is 9.47 Å². The van der Waals surface area contributed by atoms with E-state index >= 15 is 0 Å². The Balaban J connectivity index is 1.50. The number of nitrogens with zero attached hydrogens (tertiary/aromatic N) is 6. The number of anilines is 1. The van der Waals surface area contributed by atoms with Crippen molar-refractivity contribution in [3.63, 3.8) is 0 Å². The molecule has 0 spiro atoms. The Morgan fingerprint density at radius 3 is 2.32 bits per heavy atom. The highest BCUT2D eigenvalue weighted by molar-refractivity contribution is 5.56.